The van der Waals surface area contributed by atoms with Crippen molar-refractivity contribution in [3.05, 3.63) is 41.5 Å². The van der Waals surface area contributed by atoms with Crippen molar-refractivity contribution in [1.29, 1.82) is 0 Å². The van der Waals surface area contributed by atoms with Gasteiger partial charge in [-0.3, -0.25) is 0 Å². The minimum Gasteiger partial charge on any atom is -0.411 e. The van der Waals surface area contributed by atoms with Gasteiger partial charge >= 0.3 is 0 Å². The van der Waals surface area contributed by atoms with Gasteiger partial charge < -0.3 is 5.21 Å². The van der Waals surface area contributed by atoms with Gasteiger partial charge in [-0.25, -0.2) is 0 Å². The van der Waals surface area contributed by atoms with Gasteiger partial charge in [0.2, 0.25) is 0 Å². The van der Waals surface area contributed by atoms with Crippen molar-refractivity contribution >= 4 is 11.3 Å². The maximum absolute atomic E-state index is 9.01. The lowest BCUT2D eigenvalue weighted by atomic mass is 9.90. The average Bonchev–Trinajstić information content (AvgIpc) is 2.39. The van der Waals surface area contributed by atoms with Crippen LogP contribution in [0.3, 0.4) is 0 Å². The van der Waals surface area contributed by atoms with E-state index in [-0.39, 0.29) is 0 Å². The molecule has 1 N–H and O–H groups in total. The molecule has 2 rings (SSSR count). The van der Waals surface area contributed by atoms with Crippen LogP contribution < -0.4 is 0 Å². The van der Waals surface area contributed by atoms with Gasteiger partial charge in [0, 0.05) is 5.57 Å². The van der Waals surface area contributed by atoms with E-state index in [0.29, 0.717) is 5.92 Å². The molecule has 2 nitrogen and oxygen atoms in total. The Morgan fingerprint density at radius 3 is 2.47 bits per heavy atom. The molecule has 0 atom stereocenters. The van der Waals surface area contributed by atoms with E-state index in [4.69, 9.17) is 5.21 Å². The molecule has 17 heavy (non-hydrogen) atoms. The van der Waals surface area contributed by atoms with E-state index < -0.39 is 0 Å². The van der Waals surface area contributed by atoms with E-state index in [9.17, 15) is 0 Å². The van der Waals surface area contributed by atoms with Crippen LogP contribution >= 0.6 is 0 Å². The third-order valence-corrected chi connectivity index (χ3v) is 3.29. The Balaban J connectivity index is 2.30. The lowest BCUT2D eigenvalue weighted by Gasteiger charge is -2.15. The number of allylic oxidation sites excluding steroid dienone is 2. The van der Waals surface area contributed by atoms with Crippen molar-refractivity contribution in [3.63, 3.8) is 0 Å². The molecule has 0 radical (unpaired) electrons. The van der Waals surface area contributed by atoms with Gasteiger partial charge in [-0.15, -0.1) is 0 Å². The van der Waals surface area contributed by atoms with Crippen molar-refractivity contribution in [2.75, 3.05) is 0 Å². The smallest absolute Gasteiger partial charge is 0.0870 e. The van der Waals surface area contributed by atoms with Crippen LogP contribution in [0.25, 0.3) is 5.57 Å². The maximum atomic E-state index is 9.01. The standard InChI is InChI=1S/C15H19NO/c1-11(2)12-7-9-13(10-8-12)14-5-3-4-6-15(14)16-17/h5,7-11,17H,3-4,6H2,1-2H3. The van der Waals surface area contributed by atoms with E-state index in [2.05, 4.69) is 49.3 Å². The number of hydrogen-bond donors (Lipinski definition) is 1. The molecule has 0 spiro atoms. The Kier molecular flexibility index (Phi) is 3.62. The average molecular weight is 229 g/mol. The summed E-state index contributed by atoms with van der Waals surface area (Å²) in [5.41, 5.74) is 4.40. The summed E-state index contributed by atoms with van der Waals surface area (Å²) in [5, 5.41) is 12.4. The van der Waals surface area contributed by atoms with Gasteiger partial charge in [0.25, 0.3) is 0 Å². The van der Waals surface area contributed by atoms with Crippen molar-refractivity contribution in [2.24, 2.45) is 5.16 Å². The highest BCUT2D eigenvalue weighted by Crippen LogP contribution is 2.26. The summed E-state index contributed by atoms with van der Waals surface area (Å²) in [6.45, 7) is 4.38. The largest absolute Gasteiger partial charge is 0.411 e. The first kappa shape index (κ1) is 11.9. The monoisotopic (exact) mass is 229 g/mol. The molecular weight excluding hydrogens is 210 g/mol. The fraction of sp³-hybridized carbons (Fsp3) is 0.400. The van der Waals surface area contributed by atoms with Gasteiger partial charge in [-0.1, -0.05) is 49.3 Å². The van der Waals surface area contributed by atoms with E-state index in [1.807, 2.05) is 0 Å². The van der Waals surface area contributed by atoms with Gasteiger partial charge in [0.1, 0.15) is 0 Å². The van der Waals surface area contributed by atoms with E-state index in [1.165, 1.54) is 5.56 Å². The fourth-order valence-electron chi connectivity index (χ4n) is 2.20. The van der Waals surface area contributed by atoms with Crippen molar-refractivity contribution in [3.8, 4) is 0 Å². The molecule has 0 unspecified atom stereocenters. The predicted octanol–water partition coefficient (Wildman–Crippen LogP) is 4.21. The minimum absolute atomic E-state index is 0.551. The molecule has 90 valence electrons. The zero-order valence-corrected chi connectivity index (χ0v) is 10.5. The second-order valence-electron chi connectivity index (χ2n) is 4.83. The minimum atomic E-state index is 0.551. The van der Waals surface area contributed by atoms with Crippen LogP contribution in [0.2, 0.25) is 0 Å². The van der Waals surface area contributed by atoms with Crippen molar-refractivity contribution in [2.45, 2.75) is 39.0 Å². The first-order valence-corrected chi connectivity index (χ1v) is 6.24. The van der Waals surface area contributed by atoms with E-state index in [0.717, 1.165) is 36.1 Å². The molecule has 0 aromatic heterocycles. The molecule has 1 aromatic rings. The van der Waals surface area contributed by atoms with Crippen molar-refractivity contribution in [1.82, 2.24) is 0 Å². The Bertz CT molecular complexity index is 440. The highest BCUT2D eigenvalue weighted by Gasteiger charge is 2.14. The number of hydrogen-bond acceptors (Lipinski definition) is 2. The summed E-state index contributed by atoms with van der Waals surface area (Å²) >= 11 is 0. The van der Waals surface area contributed by atoms with E-state index in [1.54, 1.807) is 0 Å². The summed E-state index contributed by atoms with van der Waals surface area (Å²) in [7, 11) is 0. The highest BCUT2D eigenvalue weighted by atomic mass is 16.4. The molecule has 1 aromatic carbocycles. The zero-order chi connectivity index (χ0) is 12.3. The topological polar surface area (TPSA) is 32.6 Å². The number of oxime groups is 1. The van der Waals surface area contributed by atoms with Gasteiger partial charge in [0.05, 0.1) is 5.71 Å². The van der Waals surface area contributed by atoms with Crippen LogP contribution in [-0.2, 0) is 0 Å². The second-order valence-corrected chi connectivity index (χ2v) is 4.83. The van der Waals surface area contributed by atoms with Gasteiger partial charge in [-0.05, 0) is 36.3 Å². The normalized spacial score (nSPS) is 18.5. The molecule has 0 saturated heterocycles. The van der Waals surface area contributed by atoms with Crippen molar-refractivity contribution < 1.29 is 5.21 Å². The Morgan fingerprint density at radius 1 is 1.18 bits per heavy atom. The molecule has 2 heteroatoms. The molecule has 0 aliphatic heterocycles. The SMILES string of the molecule is CC(C)c1ccc(C2=CCCCC2=NO)cc1. The highest BCUT2D eigenvalue weighted by molar-refractivity contribution is 6.24. The van der Waals surface area contributed by atoms with Crippen LogP contribution in [0.15, 0.2) is 35.5 Å². The molecule has 0 amide bonds. The maximum Gasteiger partial charge on any atom is 0.0870 e. The number of benzene rings is 1. The lowest BCUT2D eigenvalue weighted by molar-refractivity contribution is 0.318. The Morgan fingerprint density at radius 2 is 1.88 bits per heavy atom. The predicted molar refractivity (Wildman–Crippen MR) is 71.6 cm³/mol. The summed E-state index contributed by atoms with van der Waals surface area (Å²) in [6.07, 6.45) is 5.18. The van der Waals surface area contributed by atoms with Crippen LogP contribution in [0.4, 0.5) is 0 Å². The van der Waals surface area contributed by atoms with Gasteiger partial charge in [0.15, 0.2) is 0 Å². The molecular formula is C15H19NO. The number of rotatable bonds is 2. The molecule has 0 fully saturated rings. The Labute approximate surface area is 103 Å². The first-order valence-electron chi connectivity index (χ1n) is 6.24. The van der Waals surface area contributed by atoms with Crippen LogP contribution in [-0.4, -0.2) is 10.9 Å². The molecule has 0 saturated carbocycles. The summed E-state index contributed by atoms with van der Waals surface area (Å²) in [5.74, 6) is 0.551. The Hall–Kier alpha value is -1.57. The summed E-state index contributed by atoms with van der Waals surface area (Å²) in [6, 6.07) is 8.56. The summed E-state index contributed by atoms with van der Waals surface area (Å²) < 4.78 is 0. The quantitative estimate of drug-likeness (QED) is 0.598. The molecule has 1 aliphatic carbocycles. The van der Waals surface area contributed by atoms with E-state index >= 15 is 0 Å². The zero-order valence-electron chi connectivity index (χ0n) is 10.5. The third-order valence-electron chi connectivity index (χ3n) is 3.29. The van der Waals surface area contributed by atoms with Crippen LogP contribution in [0.1, 0.15) is 50.2 Å². The van der Waals surface area contributed by atoms with Gasteiger partial charge in [-0.2, -0.15) is 0 Å². The summed E-state index contributed by atoms with van der Waals surface area (Å²) in [4.78, 5) is 0. The van der Waals surface area contributed by atoms with Crippen LogP contribution in [0.5, 0.6) is 0 Å². The molecule has 0 bridgehead atoms. The third kappa shape index (κ3) is 2.57. The number of nitrogens with zero attached hydrogens (tertiary/aromatic N) is 1. The molecule has 1 aliphatic rings. The first-order chi connectivity index (χ1) is 8.22. The molecule has 0 heterocycles. The fourth-order valence-corrected chi connectivity index (χ4v) is 2.20. The lowest BCUT2D eigenvalue weighted by Crippen LogP contribution is -2.07. The van der Waals surface area contributed by atoms with Crippen LogP contribution in [0, 0.1) is 0 Å². The second kappa shape index (κ2) is 5.17.